The van der Waals surface area contributed by atoms with E-state index in [1.54, 1.807) is 0 Å². The molecule has 0 aliphatic carbocycles. The lowest BCUT2D eigenvalue weighted by atomic mass is 10.1. The fourth-order valence-electron chi connectivity index (χ4n) is 0.865. The number of nitrogens with one attached hydrogen (secondary N) is 1. The van der Waals surface area contributed by atoms with E-state index in [-0.39, 0.29) is 5.54 Å². The quantitative estimate of drug-likeness (QED) is 0.694. The van der Waals surface area contributed by atoms with Gasteiger partial charge in [0.25, 0.3) is 0 Å². The average Bonchev–Trinajstić information content (AvgIpc) is 1.84. The minimum absolute atomic E-state index is 0.248. The van der Waals surface area contributed by atoms with E-state index in [0.29, 0.717) is 6.04 Å². The Kier molecular flexibility index (Phi) is 4.80. The third-order valence-corrected chi connectivity index (χ3v) is 2.00. The van der Waals surface area contributed by atoms with Gasteiger partial charge >= 0.3 is 0 Å². The Bertz CT molecular complexity index is 113. The number of nitrogens with zero attached hydrogens (tertiary/aromatic N) is 1. The van der Waals surface area contributed by atoms with Crippen LogP contribution >= 0.6 is 0 Å². The van der Waals surface area contributed by atoms with Gasteiger partial charge < -0.3 is 10.2 Å². The highest BCUT2D eigenvalue weighted by Gasteiger charge is 2.09. The van der Waals surface area contributed by atoms with Crippen LogP contribution in [0.25, 0.3) is 0 Å². The second kappa shape index (κ2) is 4.83. The van der Waals surface area contributed by atoms with Gasteiger partial charge in [0.1, 0.15) is 0 Å². The van der Waals surface area contributed by atoms with Gasteiger partial charge in [-0.05, 0) is 41.7 Å². The molecule has 0 spiro atoms. The number of rotatable bonds is 4. The van der Waals surface area contributed by atoms with Crippen LogP contribution in [-0.4, -0.2) is 36.6 Å². The maximum Gasteiger partial charge on any atom is 0.0107 e. The highest BCUT2D eigenvalue weighted by molar-refractivity contribution is 4.71. The Morgan fingerprint density at radius 2 is 1.75 bits per heavy atom. The summed E-state index contributed by atoms with van der Waals surface area (Å²) in [5.74, 6) is 0. The minimum atomic E-state index is 0.248. The van der Waals surface area contributed by atoms with Crippen LogP contribution in [0.2, 0.25) is 0 Å². The first-order valence-electron chi connectivity index (χ1n) is 4.78. The lowest BCUT2D eigenvalue weighted by Crippen LogP contribution is -2.41. The molecule has 0 amide bonds. The first kappa shape index (κ1) is 11.9. The molecular formula is C10H24N2. The first-order chi connectivity index (χ1) is 5.33. The molecular weight excluding hydrogens is 148 g/mol. The number of hydrogen-bond acceptors (Lipinski definition) is 2. The van der Waals surface area contributed by atoms with Crippen LogP contribution in [0.5, 0.6) is 0 Å². The summed E-state index contributed by atoms with van der Waals surface area (Å²) in [7, 11) is 2.16. The molecule has 0 bridgehead atoms. The van der Waals surface area contributed by atoms with Gasteiger partial charge in [-0.15, -0.1) is 0 Å². The summed E-state index contributed by atoms with van der Waals surface area (Å²) in [5.41, 5.74) is 0.248. The predicted molar refractivity (Wildman–Crippen MR) is 55.5 cm³/mol. The molecule has 0 heterocycles. The van der Waals surface area contributed by atoms with Gasteiger partial charge in [0.15, 0.2) is 0 Å². The van der Waals surface area contributed by atoms with Crippen molar-refractivity contribution >= 4 is 0 Å². The average molecular weight is 172 g/mol. The van der Waals surface area contributed by atoms with Crippen molar-refractivity contribution in [1.82, 2.24) is 10.2 Å². The Morgan fingerprint density at radius 3 is 2.08 bits per heavy atom. The summed E-state index contributed by atoms with van der Waals surface area (Å²) in [4.78, 5) is 2.35. The van der Waals surface area contributed by atoms with Gasteiger partial charge in [-0.3, -0.25) is 0 Å². The molecule has 0 rings (SSSR count). The smallest absolute Gasteiger partial charge is 0.0107 e. The first-order valence-corrected chi connectivity index (χ1v) is 4.78. The van der Waals surface area contributed by atoms with Crippen LogP contribution in [0, 0.1) is 0 Å². The molecule has 0 aliphatic heterocycles. The second-order valence-electron chi connectivity index (χ2n) is 4.75. The van der Waals surface area contributed by atoms with Crippen molar-refractivity contribution in [3.8, 4) is 0 Å². The van der Waals surface area contributed by atoms with Crippen LogP contribution < -0.4 is 5.32 Å². The molecule has 1 N–H and O–H groups in total. The maximum absolute atomic E-state index is 3.47. The van der Waals surface area contributed by atoms with E-state index >= 15 is 0 Å². The summed E-state index contributed by atoms with van der Waals surface area (Å²) in [6.07, 6.45) is 0. The lowest BCUT2D eigenvalue weighted by molar-refractivity contribution is 0.261. The highest BCUT2D eigenvalue weighted by atomic mass is 15.1. The summed E-state index contributed by atoms with van der Waals surface area (Å²) in [5, 5.41) is 3.47. The Morgan fingerprint density at radius 1 is 1.25 bits per heavy atom. The molecule has 74 valence electrons. The van der Waals surface area contributed by atoms with Crippen LogP contribution in [0.15, 0.2) is 0 Å². The molecule has 0 fully saturated rings. The fourth-order valence-corrected chi connectivity index (χ4v) is 0.865. The molecule has 0 atom stereocenters. The highest BCUT2D eigenvalue weighted by Crippen LogP contribution is 1.98. The van der Waals surface area contributed by atoms with Crippen molar-refractivity contribution in [2.45, 2.75) is 46.2 Å². The molecule has 0 aromatic heterocycles. The lowest BCUT2D eigenvalue weighted by Gasteiger charge is -2.25. The second-order valence-corrected chi connectivity index (χ2v) is 4.75. The van der Waals surface area contributed by atoms with Gasteiger partial charge in [-0.25, -0.2) is 0 Å². The van der Waals surface area contributed by atoms with Crippen LogP contribution in [0.3, 0.4) is 0 Å². The minimum Gasteiger partial charge on any atom is -0.311 e. The molecule has 0 radical (unpaired) electrons. The Balaban J connectivity index is 3.44. The molecule has 0 saturated carbocycles. The normalized spacial score (nSPS) is 13.0. The molecule has 0 aliphatic rings. The van der Waals surface area contributed by atoms with Crippen molar-refractivity contribution in [2.75, 3.05) is 20.1 Å². The maximum atomic E-state index is 3.47. The van der Waals surface area contributed by atoms with Crippen LogP contribution in [-0.2, 0) is 0 Å². The molecule has 2 heteroatoms. The van der Waals surface area contributed by atoms with Crippen molar-refractivity contribution < 1.29 is 0 Å². The summed E-state index contributed by atoms with van der Waals surface area (Å²) >= 11 is 0. The molecule has 2 nitrogen and oxygen atoms in total. The molecule has 0 saturated heterocycles. The van der Waals surface area contributed by atoms with Gasteiger partial charge in [-0.1, -0.05) is 0 Å². The standard InChI is InChI=1S/C10H24N2/c1-9(2)12(6)8-7-11-10(3,4)5/h9,11H,7-8H2,1-6H3. The van der Waals surface area contributed by atoms with Crippen molar-refractivity contribution in [3.63, 3.8) is 0 Å². The summed E-state index contributed by atoms with van der Waals surface area (Å²) in [6, 6.07) is 0.645. The summed E-state index contributed by atoms with van der Waals surface area (Å²) < 4.78 is 0. The molecule has 12 heavy (non-hydrogen) atoms. The van der Waals surface area contributed by atoms with Gasteiger partial charge in [-0.2, -0.15) is 0 Å². The summed E-state index contributed by atoms with van der Waals surface area (Å²) in [6.45, 7) is 13.2. The topological polar surface area (TPSA) is 15.3 Å². The van der Waals surface area contributed by atoms with E-state index in [1.807, 2.05) is 0 Å². The van der Waals surface area contributed by atoms with Crippen LogP contribution in [0.1, 0.15) is 34.6 Å². The van der Waals surface area contributed by atoms with E-state index in [1.165, 1.54) is 0 Å². The van der Waals surface area contributed by atoms with Crippen LogP contribution in [0.4, 0.5) is 0 Å². The number of likely N-dealkylation sites (N-methyl/N-ethyl adjacent to an activating group) is 1. The third-order valence-electron chi connectivity index (χ3n) is 2.00. The van der Waals surface area contributed by atoms with Gasteiger partial charge in [0.05, 0.1) is 0 Å². The van der Waals surface area contributed by atoms with Crippen molar-refractivity contribution in [2.24, 2.45) is 0 Å². The van der Waals surface area contributed by atoms with Crippen molar-refractivity contribution in [3.05, 3.63) is 0 Å². The van der Waals surface area contributed by atoms with Crippen molar-refractivity contribution in [1.29, 1.82) is 0 Å². The van der Waals surface area contributed by atoms with E-state index in [0.717, 1.165) is 13.1 Å². The molecule has 0 unspecified atom stereocenters. The zero-order valence-corrected chi connectivity index (χ0v) is 9.44. The van der Waals surface area contributed by atoms with E-state index in [4.69, 9.17) is 0 Å². The molecule has 0 aromatic carbocycles. The SMILES string of the molecule is CC(C)N(C)CCNC(C)(C)C. The number of hydrogen-bond donors (Lipinski definition) is 1. The molecule has 0 aromatic rings. The Labute approximate surface area is 77.3 Å². The monoisotopic (exact) mass is 172 g/mol. The van der Waals surface area contributed by atoms with E-state index < -0.39 is 0 Å². The fraction of sp³-hybridized carbons (Fsp3) is 1.00. The zero-order valence-electron chi connectivity index (χ0n) is 9.44. The zero-order chi connectivity index (χ0) is 9.78. The van der Waals surface area contributed by atoms with E-state index in [9.17, 15) is 0 Å². The Hall–Kier alpha value is -0.0800. The largest absolute Gasteiger partial charge is 0.311 e. The third kappa shape index (κ3) is 6.62. The van der Waals surface area contributed by atoms with Gasteiger partial charge in [0.2, 0.25) is 0 Å². The van der Waals surface area contributed by atoms with E-state index in [2.05, 4.69) is 51.9 Å². The van der Waals surface area contributed by atoms with Gasteiger partial charge in [0, 0.05) is 24.7 Å². The predicted octanol–water partition coefficient (Wildman–Crippen LogP) is 1.71.